The van der Waals surface area contributed by atoms with E-state index in [9.17, 15) is 4.39 Å². The average molecular weight is 254 g/mol. The molecule has 0 bridgehead atoms. The summed E-state index contributed by atoms with van der Waals surface area (Å²) < 4.78 is 14.1. The van der Waals surface area contributed by atoms with E-state index in [2.05, 4.69) is 5.32 Å². The standard InChI is InChI=1S/C14H23FN2O/c1-4-16-11(3)12-7-6-8-13(15)14(12)17(5-2)9-10-18/h6-8,11,16,18H,4-5,9-10H2,1-3H3. The third-order valence-corrected chi connectivity index (χ3v) is 3.06. The molecule has 0 heterocycles. The molecule has 1 atom stereocenters. The number of rotatable bonds is 7. The second-order valence-corrected chi connectivity index (χ2v) is 4.26. The number of halogens is 1. The van der Waals surface area contributed by atoms with Crippen molar-refractivity contribution in [2.45, 2.75) is 26.8 Å². The van der Waals surface area contributed by atoms with Crippen molar-refractivity contribution in [2.24, 2.45) is 0 Å². The van der Waals surface area contributed by atoms with Crippen LogP contribution in [0.15, 0.2) is 18.2 Å². The maximum Gasteiger partial charge on any atom is 0.146 e. The Morgan fingerprint density at radius 2 is 2.11 bits per heavy atom. The first kappa shape index (κ1) is 14.9. The third kappa shape index (κ3) is 3.43. The largest absolute Gasteiger partial charge is 0.395 e. The predicted molar refractivity (Wildman–Crippen MR) is 73.5 cm³/mol. The molecule has 102 valence electrons. The molecule has 0 spiro atoms. The minimum Gasteiger partial charge on any atom is -0.395 e. The Morgan fingerprint density at radius 3 is 2.67 bits per heavy atom. The maximum atomic E-state index is 14.1. The van der Waals surface area contributed by atoms with E-state index in [0.29, 0.717) is 18.8 Å². The van der Waals surface area contributed by atoms with E-state index in [4.69, 9.17) is 5.11 Å². The van der Waals surface area contributed by atoms with Crippen LogP contribution >= 0.6 is 0 Å². The molecule has 1 rings (SSSR count). The fourth-order valence-corrected chi connectivity index (χ4v) is 2.18. The van der Waals surface area contributed by atoms with Crippen molar-refractivity contribution >= 4 is 5.69 Å². The molecule has 2 N–H and O–H groups in total. The zero-order valence-electron chi connectivity index (χ0n) is 11.4. The van der Waals surface area contributed by atoms with E-state index < -0.39 is 0 Å². The third-order valence-electron chi connectivity index (χ3n) is 3.06. The van der Waals surface area contributed by atoms with E-state index >= 15 is 0 Å². The molecule has 3 nitrogen and oxygen atoms in total. The van der Waals surface area contributed by atoms with E-state index in [0.717, 1.165) is 12.1 Å². The molecule has 1 unspecified atom stereocenters. The van der Waals surface area contributed by atoms with Gasteiger partial charge in [0.2, 0.25) is 0 Å². The summed E-state index contributed by atoms with van der Waals surface area (Å²) in [6.07, 6.45) is 0. The molecule has 0 fully saturated rings. The maximum absolute atomic E-state index is 14.1. The Hall–Kier alpha value is -1.13. The Kier molecular flexibility index (Phi) is 6.09. The van der Waals surface area contributed by atoms with Gasteiger partial charge in [0.05, 0.1) is 12.3 Å². The summed E-state index contributed by atoms with van der Waals surface area (Å²) in [7, 11) is 0. The fourth-order valence-electron chi connectivity index (χ4n) is 2.18. The number of hydrogen-bond donors (Lipinski definition) is 2. The van der Waals surface area contributed by atoms with Gasteiger partial charge in [-0.25, -0.2) is 4.39 Å². The summed E-state index contributed by atoms with van der Waals surface area (Å²) in [4.78, 5) is 1.87. The van der Waals surface area contributed by atoms with Crippen LogP contribution in [0.3, 0.4) is 0 Å². The molecule has 0 saturated heterocycles. The van der Waals surface area contributed by atoms with Gasteiger partial charge in [-0.1, -0.05) is 19.1 Å². The lowest BCUT2D eigenvalue weighted by Gasteiger charge is -2.27. The SMILES string of the molecule is CCNC(C)c1cccc(F)c1N(CC)CCO. The lowest BCUT2D eigenvalue weighted by Crippen LogP contribution is -2.30. The number of para-hydroxylation sites is 1. The van der Waals surface area contributed by atoms with Crippen molar-refractivity contribution < 1.29 is 9.50 Å². The van der Waals surface area contributed by atoms with Crippen LogP contribution in [0.4, 0.5) is 10.1 Å². The number of hydrogen-bond acceptors (Lipinski definition) is 3. The van der Waals surface area contributed by atoms with Gasteiger partial charge in [-0.2, -0.15) is 0 Å². The second kappa shape index (κ2) is 7.34. The number of aliphatic hydroxyl groups excluding tert-OH is 1. The van der Waals surface area contributed by atoms with Gasteiger partial charge in [-0.15, -0.1) is 0 Å². The molecule has 0 aliphatic rings. The van der Waals surface area contributed by atoms with Gasteiger partial charge in [0.1, 0.15) is 5.82 Å². The number of nitrogens with zero attached hydrogens (tertiary/aromatic N) is 1. The average Bonchev–Trinajstić information content (AvgIpc) is 2.36. The number of nitrogens with one attached hydrogen (secondary N) is 1. The van der Waals surface area contributed by atoms with E-state index in [1.807, 2.05) is 31.7 Å². The molecule has 18 heavy (non-hydrogen) atoms. The molecule has 1 aromatic carbocycles. The number of aliphatic hydroxyl groups is 1. The van der Waals surface area contributed by atoms with Gasteiger partial charge < -0.3 is 15.3 Å². The zero-order chi connectivity index (χ0) is 13.5. The van der Waals surface area contributed by atoms with Crippen LogP contribution in [-0.4, -0.2) is 31.3 Å². The molecule has 0 saturated carbocycles. The number of anilines is 1. The molecule has 0 aromatic heterocycles. The summed E-state index contributed by atoms with van der Waals surface area (Å²) >= 11 is 0. The Morgan fingerprint density at radius 1 is 1.39 bits per heavy atom. The molecular weight excluding hydrogens is 231 g/mol. The van der Waals surface area contributed by atoms with Crippen molar-refractivity contribution in [1.29, 1.82) is 0 Å². The highest BCUT2D eigenvalue weighted by Crippen LogP contribution is 2.29. The molecular formula is C14H23FN2O. The van der Waals surface area contributed by atoms with Crippen molar-refractivity contribution in [3.63, 3.8) is 0 Å². The second-order valence-electron chi connectivity index (χ2n) is 4.26. The summed E-state index contributed by atoms with van der Waals surface area (Å²) in [5, 5.41) is 12.4. The van der Waals surface area contributed by atoms with Crippen LogP contribution in [0.5, 0.6) is 0 Å². The molecule has 1 aromatic rings. The van der Waals surface area contributed by atoms with Crippen LogP contribution < -0.4 is 10.2 Å². The minimum absolute atomic E-state index is 0.0250. The van der Waals surface area contributed by atoms with Crippen LogP contribution in [0.25, 0.3) is 0 Å². The van der Waals surface area contributed by atoms with E-state index in [-0.39, 0.29) is 18.5 Å². The van der Waals surface area contributed by atoms with Gasteiger partial charge in [0.15, 0.2) is 0 Å². The van der Waals surface area contributed by atoms with Gasteiger partial charge in [-0.05, 0) is 32.0 Å². The van der Waals surface area contributed by atoms with Gasteiger partial charge in [0.25, 0.3) is 0 Å². The van der Waals surface area contributed by atoms with Crippen molar-refractivity contribution in [3.8, 4) is 0 Å². The quantitative estimate of drug-likeness (QED) is 0.784. The normalized spacial score (nSPS) is 12.5. The van der Waals surface area contributed by atoms with Crippen LogP contribution in [0.1, 0.15) is 32.4 Å². The summed E-state index contributed by atoms with van der Waals surface area (Å²) in [5.74, 6) is -0.229. The zero-order valence-corrected chi connectivity index (χ0v) is 11.4. The van der Waals surface area contributed by atoms with E-state index in [1.165, 1.54) is 6.07 Å². The highest BCUT2D eigenvalue weighted by atomic mass is 19.1. The Balaban J connectivity index is 3.13. The first-order chi connectivity index (χ1) is 8.65. The summed E-state index contributed by atoms with van der Waals surface area (Å²) in [6.45, 7) is 8.00. The Bertz CT molecular complexity index is 371. The molecule has 0 amide bonds. The van der Waals surface area contributed by atoms with Gasteiger partial charge in [0, 0.05) is 19.1 Å². The van der Waals surface area contributed by atoms with Gasteiger partial charge in [-0.3, -0.25) is 0 Å². The summed E-state index contributed by atoms with van der Waals surface area (Å²) in [6, 6.07) is 5.23. The predicted octanol–water partition coefficient (Wildman–Crippen LogP) is 2.31. The molecule has 0 radical (unpaired) electrons. The molecule has 0 aliphatic heterocycles. The highest BCUT2D eigenvalue weighted by molar-refractivity contribution is 5.56. The van der Waals surface area contributed by atoms with Crippen molar-refractivity contribution in [3.05, 3.63) is 29.6 Å². The van der Waals surface area contributed by atoms with Crippen LogP contribution in [0.2, 0.25) is 0 Å². The van der Waals surface area contributed by atoms with Gasteiger partial charge >= 0.3 is 0 Å². The monoisotopic (exact) mass is 254 g/mol. The van der Waals surface area contributed by atoms with Crippen molar-refractivity contribution in [1.82, 2.24) is 5.32 Å². The van der Waals surface area contributed by atoms with Crippen LogP contribution in [-0.2, 0) is 0 Å². The molecule has 4 heteroatoms. The fraction of sp³-hybridized carbons (Fsp3) is 0.571. The number of benzene rings is 1. The number of likely N-dealkylation sites (N-methyl/N-ethyl adjacent to an activating group) is 1. The lowest BCUT2D eigenvalue weighted by molar-refractivity contribution is 0.302. The Labute approximate surface area is 109 Å². The first-order valence-electron chi connectivity index (χ1n) is 6.53. The van der Waals surface area contributed by atoms with Crippen LogP contribution in [0, 0.1) is 5.82 Å². The highest BCUT2D eigenvalue weighted by Gasteiger charge is 2.17. The first-order valence-corrected chi connectivity index (χ1v) is 6.53. The minimum atomic E-state index is -0.229. The van der Waals surface area contributed by atoms with Crippen molar-refractivity contribution in [2.75, 3.05) is 31.1 Å². The lowest BCUT2D eigenvalue weighted by atomic mass is 10.0. The topological polar surface area (TPSA) is 35.5 Å². The molecule has 0 aliphatic carbocycles. The summed E-state index contributed by atoms with van der Waals surface area (Å²) in [5.41, 5.74) is 1.54. The van der Waals surface area contributed by atoms with E-state index in [1.54, 1.807) is 6.07 Å². The smallest absolute Gasteiger partial charge is 0.146 e.